The molecule has 0 radical (unpaired) electrons. The maximum absolute atomic E-state index is 13.6. The number of nitrogens with one attached hydrogen (secondary N) is 1. The smallest absolute Gasteiger partial charge is 0.151 e. The van der Waals surface area contributed by atoms with Crippen molar-refractivity contribution in [1.29, 1.82) is 0 Å². The molecule has 1 aliphatic heterocycles. The first-order valence-corrected chi connectivity index (χ1v) is 9.21. The van der Waals surface area contributed by atoms with Gasteiger partial charge in [0.25, 0.3) is 0 Å². The van der Waals surface area contributed by atoms with Crippen molar-refractivity contribution in [3.63, 3.8) is 0 Å². The van der Waals surface area contributed by atoms with Crippen LogP contribution in [0.5, 0.6) is 0 Å². The number of nitrogens with zero attached hydrogens (tertiary/aromatic N) is 3. The van der Waals surface area contributed by atoms with Crippen molar-refractivity contribution >= 4 is 12.4 Å². The van der Waals surface area contributed by atoms with Gasteiger partial charge in [0, 0.05) is 12.5 Å². The van der Waals surface area contributed by atoms with E-state index in [1.54, 1.807) is 6.07 Å². The molecule has 1 N–H and O–H groups in total. The Bertz CT molecular complexity index is 756. The third kappa shape index (κ3) is 3.77. The van der Waals surface area contributed by atoms with Gasteiger partial charge in [-0.1, -0.05) is 0 Å². The van der Waals surface area contributed by atoms with Crippen LogP contribution in [-0.2, 0) is 17.8 Å². The molecular formula is C19H26ClFN4O. The second-order valence-corrected chi connectivity index (χ2v) is 7.34. The van der Waals surface area contributed by atoms with Gasteiger partial charge in [-0.2, -0.15) is 0 Å². The SMILES string of the molecule is CC(C)O[C@H]1CC[C@H](c2nnc3n2-c2ccc(F)cc2CNC3)CC1.Cl. The van der Waals surface area contributed by atoms with E-state index in [9.17, 15) is 4.39 Å². The van der Waals surface area contributed by atoms with Crippen LogP contribution in [-0.4, -0.2) is 27.0 Å². The molecule has 1 saturated carbocycles. The highest BCUT2D eigenvalue weighted by atomic mass is 35.5. The van der Waals surface area contributed by atoms with Crippen LogP contribution in [0.15, 0.2) is 18.2 Å². The van der Waals surface area contributed by atoms with Crippen molar-refractivity contribution in [2.45, 2.75) is 70.7 Å². The van der Waals surface area contributed by atoms with Crippen LogP contribution in [0.1, 0.15) is 62.7 Å². The van der Waals surface area contributed by atoms with Gasteiger partial charge >= 0.3 is 0 Å². The summed E-state index contributed by atoms with van der Waals surface area (Å²) in [6, 6.07) is 4.97. The largest absolute Gasteiger partial charge is 0.376 e. The number of aromatic nitrogens is 3. The number of halogens is 2. The molecule has 0 amide bonds. The van der Waals surface area contributed by atoms with E-state index in [-0.39, 0.29) is 24.3 Å². The van der Waals surface area contributed by atoms with Gasteiger partial charge in [0.15, 0.2) is 5.82 Å². The second-order valence-electron chi connectivity index (χ2n) is 7.34. The lowest BCUT2D eigenvalue weighted by Gasteiger charge is -2.29. The van der Waals surface area contributed by atoms with Gasteiger partial charge in [0.2, 0.25) is 0 Å². The van der Waals surface area contributed by atoms with E-state index in [2.05, 4.69) is 33.9 Å². The Balaban J connectivity index is 0.00000196. The zero-order chi connectivity index (χ0) is 17.4. The van der Waals surface area contributed by atoms with Crippen molar-refractivity contribution in [2.75, 3.05) is 0 Å². The Hall–Kier alpha value is -1.50. The van der Waals surface area contributed by atoms with Crippen LogP contribution in [0.2, 0.25) is 0 Å². The third-order valence-corrected chi connectivity index (χ3v) is 5.14. The fourth-order valence-corrected chi connectivity index (χ4v) is 4.04. The predicted molar refractivity (Wildman–Crippen MR) is 100 cm³/mol. The summed E-state index contributed by atoms with van der Waals surface area (Å²) < 4.78 is 21.8. The molecule has 2 heterocycles. The number of hydrogen-bond acceptors (Lipinski definition) is 4. The Morgan fingerprint density at radius 1 is 1.15 bits per heavy atom. The Morgan fingerprint density at radius 3 is 2.65 bits per heavy atom. The van der Waals surface area contributed by atoms with Gasteiger partial charge in [-0.25, -0.2) is 4.39 Å². The highest BCUT2D eigenvalue weighted by molar-refractivity contribution is 5.85. The van der Waals surface area contributed by atoms with Gasteiger partial charge in [-0.3, -0.25) is 4.57 Å². The minimum atomic E-state index is -0.204. The summed E-state index contributed by atoms with van der Waals surface area (Å²) in [5.41, 5.74) is 1.96. The number of hydrogen-bond donors (Lipinski definition) is 1. The van der Waals surface area contributed by atoms with Crippen molar-refractivity contribution < 1.29 is 9.13 Å². The lowest BCUT2D eigenvalue weighted by Crippen LogP contribution is -2.25. The third-order valence-electron chi connectivity index (χ3n) is 5.14. The maximum Gasteiger partial charge on any atom is 0.151 e. The monoisotopic (exact) mass is 380 g/mol. The molecule has 0 unspecified atom stereocenters. The fourth-order valence-electron chi connectivity index (χ4n) is 4.04. The summed E-state index contributed by atoms with van der Waals surface area (Å²) in [6.07, 6.45) is 4.85. The molecule has 0 bridgehead atoms. The standard InChI is InChI=1S/C19H25FN4O.ClH/c1-12(2)25-16-6-3-13(4-7-16)19-23-22-18-11-21-10-14-9-15(20)5-8-17(14)24(18)19;/h5,8-9,12-13,16,21H,3-4,6-7,10-11H2,1-2H3;1H/t13-,16-;. The fraction of sp³-hybridized carbons (Fsp3) is 0.579. The van der Waals surface area contributed by atoms with E-state index in [1.807, 2.05) is 6.07 Å². The molecule has 0 atom stereocenters. The summed E-state index contributed by atoms with van der Waals surface area (Å²) >= 11 is 0. The van der Waals surface area contributed by atoms with Crippen molar-refractivity contribution in [2.24, 2.45) is 0 Å². The van der Waals surface area contributed by atoms with Gasteiger partial charge in [-0.15, -0.1) is 22.6 Å². The Labute approximate surface area is 159 Å². The molecule has 2 aliphatic rings. The summed E-state index contributed by atoms with van der Waals surface area (Å²) in [5.74, 6) is 2.09. The topological polar surface area (TPSA) is 52.0 Å². The first-order valence-electron chi connectivity index (χ1n) is 9.21. The molecule has 1 aliphatic carbocycles. The number of benzene rings is 1. The quantitative estimate of drug-likeness (QED) is 0.877. The molecule has 26 heavy (non-hydrogen) atoms. The summed E-state index contributed by atoms with van der Waals surface area (Å²) in [5, 5.41) is 12.2. The first kappa shape index (κ1) is 19.3. The van der Waals surface area contributed by atoms with Crippen molar-refractivity contribution in [1.82, 2.24) is 20.1 Å². The molecule has 5 nitrogen and oxygen atoms in total. The van der Waals surface area contributed by atoms with E-state index in [1.165, 1.54) is 6.07 Å². The van der Waals surface area contributed by atoms with Crippen molar-refractivity contribution in [3.8, 4) is 5.69 Å². The van der Waals surface area contributed by atoms with Crippen LogP contribution in [0, 0.1) is 5.82 Å². The van der Waals surface area contributed by atoms with Gasteiger partial charge in [0.1, 0.15) is 11.6 Å². The van der Waals surface area contributed by atoms with Crippen LogP contribution in [0.25, 0.3) is 5.69 Å². The van der Waals surface area contributed by atoms with E-state index in [0.717, 1.165) is 48.6 Å². The number of ether oxygens (including phenoxy) is 1. The number of fused-ring (bicyclic) bond motifs is 3. The lowest BCUT2D eigenvalue weighted by molar-refractivity contribution is -0.0151. The van der Waals surface area contributed by atoms with E-state index < -0.39 is 0 Å². The molecule has 1 aromatic heterocycles. The number of rotatable bonds is 3. The zero-order valence-electron chi connectivity index (χ0n) is 15.2. The van der Waals surface area contributed by atoms with E-state index in [0.29, 0.717) is 25.1 Å². The van der Waals surface area contributed by atoms with E-state index >= 15 is 0 Å². The Kier molecular flexibility index (Phi) is 5.95. The molecule has 4 rings (SSSR count). The highest BCUT2D eigenvalue weighted by Crippen LogP contribution is 2.36. The normalized spacial score (nSPS) is 22.3. The molecule has 142 valence electrons. The van der Waals surface area contributed by atoms with Crippen LogP contribution in [0.3, 0.4) is 0 Å². The van der Waals surface area contributed by atoms with Crippen LogP contribution in [0.4, 0.5) is 4.39 Å². The summed E-state index contributed by atoms with van der Waals surface area (Å²) in [7, 11) is 0. The molecule has 2 aromatic rings. The molecule has 1 fully saturated rings. The first-order chi connectivity index (χ1) is 12.1. The van der Waals surface area contributed by atoms with Gasteiger partial charge in [-0.05, 0) is 63.3 Å². The molecule has 7 heteroatoms. The Morgan fingerprint density at radius 2 is 1.92 bits per heavy atom. The minimum absolute atomic E-state index is 0. The van der Waals surface area contributed by atoms with Gasteiger partial charge < -0.3 is 10.1 Å². The lowest BCUT2D eigenvalue weighted by atomic mass is 9.86. The molecular weight excluding hydrogens is 355 g/mol. The summed E-state index contributed by atoms with van der Waals surface area (Å²) in [6.45, 7) is 5.47. The highest BCUT2D eigenvalue weighted by Gasteiger charge is 2.29. The molecule has 1 aromatic carbocycles. The van der Waals surface area contributed by atoms with E-state index in [4.69, 9.17) is 4.74 Å². The maximum atomic E-state index is 13.6. The van der Waals surface area contributed by atoms with Crippen LogP contribution >= 0.6 is 12.4 Å². The average molecular weight is 381 g/mol. The van der Waals surface area contributed by atoms with Crippen LogP contribution < -0.4 is 5.32 Å². The molecule has 0 spiro atoms. The average Bonchev–Trinajstić information content (AvgIpc) is 2.91. The molecule has 0 saturated heterocycles. The zero-order valence-corrected chi connectivity index (χ0v) is 16.1. The predicted octanol–water partition coefficient (Wildman–Crippen LogP) is 3.88. The minimum Gasteiger partial charge on any atom is -0.376 e. The second kappa shape index (κ2) is 8.03. The van der Waals surface area contributed by atoms with Crippen molar-refractivity contribution in [3.05, 3.63) is 41.2 Å². The summed E-state index contributed by atoms with van der Waals surface area (Å²) in [4.78, 5) is 0. The van der Waals surface area contributed by atoms with Gasteiger partial charge in [0.05, 0.1) is 24.4 Å².